The fraction of sp³-hybridized carbons (Fsp3) is 0.211. The summed E-state index contributed by atoms with van der Waals surface area (Å²) in [6.45, 7) is 3.96. The van der Waals surface area contributed by atoms with Crippen molar-refractivity contribution >= 4 is 5.69 Å². The molecule has 0 spiro atoms. The first-order chi connectivity index (χ1) is 11.2. The van der Waals surface area contributed by atoms with Crippen LogP contribution in [-0.2, 0) is 13.0 Å². The van der Waals surface area contributed by atoms with Gasteiger partial charge in [0.1, 0.15) is 5.82 Å². The van der Waals surface area contributed by atoms with Crippen molar-refractivity contribution < 1.29 is 4.39 Å². The SMILES string of the molecule is Cc1c(CN2CCc3ccccc32)cnn1-c1ccc(F)cc1. The summed E-state index contributed by atoms with van der Waals surface area (Å²) < 4.78 is 15.0. The normalized spacial score (nSPS) is 13.4. The van der Waals surface area contributed by atoms with Crippen molar-refractivity contribution in [2.24, 2.45) is 0 Å². The Hall–Kier alpha value is -2.62. The molecule has 0 bridgehead atoms. The number of anilines is 1. The Morgan fingerprint density at radius 1 is 1.09 bits per heavy atom. The van der Waals surface area contributed by atoms with Gasteiger partial charge in [-0.15, -0.1) is 0 Å². The maximum Gasteiger partial charge on any atom is 0.123 e. The van der Waals surface area contributed by atoms with Crippen molar-refractivity contribution in [1.82, 2.24) is 9.78 Å². The molecule has 2 aromatic carbocycles. The van der Waals surface area contributed by atoms with E-state index in [-0.39, 0.29) is 5.82 Å². The van der Waals surface area contributed by atoms with Crippen molar-refractivity contribution in [3.8, 4) is 5.69 Å². The zero-order valence-corrected chi connectivity index (χ0v) is 13.0. The summed E-state index contributed by atoms with van der Waals surface area (Å²) in [5.41, 5.74) is 5.92. The van der Waals surface area contributed by atoms with E-state index in [4.69, 9.17) is 0 Å². The van der Waals surface area contributed by atoms with E-state index in [0.29, 0.717) is 0 Å². The van der Waals surface area contributed by atoms with E-state index in [9.17, 15) is 4.39 Å². The molecule has 4 rings (SSSR count). The van der Waals surface area contributed by atoms with Crippen molar-refractivity contribution in [3.63, 3.8) is 0 Å². The van der Waals surface area contributed by atoms with Gasteiger partial charge in [0.25, 0.3) is 0 Å². The number of para-hydroxylation sites is 1. The molecule has 0 atom stereocenters. The lowest BCUT2D eigenvalue weighted by Gasteiger charge is -2.19. The molecule has 1 aliphatic heterocycles. The molecule has 23 heavy (non-hydrogen) atoms. The fourth-order valence-electron chi connectivity index (χ4n) is 3.22. The molecule has 0 saturated carbocycles. The Balaban J connectivity index is 1.61. The molecule has 0 amide bonds. The number of nitrogens with zero attached hydrogens (tertiary/aromatic N) is 3. The van der Waals surface area contributed by atoms with Gasteiger partial charge in [0, 0.05) is 30.0 Å². The number of aromatic nitrogens is 2. The molecule has 3 nitrogen and oxygen atoms in total. The Labute approximate surface area is 135 Å². The maximum absolute atomic E-state index is 13.1. The standard InChI is InChI=1S/C19H18FN3/c1-14-16(12-21-23(14)18-8-6-17(20)7-9-18)13-22-11-10-15-4-2-3-5-19(15)22/h2-9,12H,10-11,13H2,1H3. The first-order valence-corrected chi connectivity index (χ1v) is 7.84. The summed E-state index contributed by atoms with van der Waals surface area (Å²) >= 11 is 0. The van der Waals surface area contributed by atoms with Crippen LogP contribution in [0.1, 0.15) is 16.8 Å². The van der Waals surface area contributed by atoms with Crippen LogP contribution in [0.5, 0.6) is 0 Å². The highest BCUT2D eigenvalue weighted by Crippen LogP contribution is 2.29. The summed E-state index contributed by atoms with van der Waals surface area (Å²) in [5, 5.41) is 4.48. The van der Waals surface area contributed by atoms with E-state index in [1.807, 2.05) is 10.9 Å². The molecule has 0 aliphatic carbocycles. The smallest absolute Gasteiger partial charge is 0.123 e. The quantitative estimate of drug-likeness (QED) is 0.732. The van der Waals surface area contributed by atoms with Crippen LogP contribution in [0, 0.1) is 12.7 Å². The molecule has 0 radical (unpaired) electrons. The Morgan fingerprint density at radius 2 is 1.87 bits per heavy atom. The lowest BCUT2D eigenvalue weighted by Crippen LogP contribution is -2.20. The number of halogens is 1. The minimum Gasteiger partial charge on any atom is -0.367 e. The van der Waals surface area contributed by atoms with Crippen LogP contribution in [0.2, 0.25) is 0 Å². The summed E-state index contributed by atoms with van der Waals surface area (Å²) in [7, 11) is 0. The zero-order chi connectivity index (χ0) is 15.8. The molecular weight excluding hydrogens is 289 g/mol. The minimum atomic E-state index is -0.229. The minimum absolute atomic E-state index is 0.229. The predicted molar refractivity (Wildman–Crippen MR) is 89.5 cm³/mol. The summed E-state index contributed by atoms with van der Waals surface area (Å²) in [5.74, 6) is -0.229. The van der Waals surface area contributed by atoms with Crippen LogP contribution in [0.3, 0.4) is 0 Å². The molecule has 1 aromatic heterocycles. The molecule has 0 unspecified atom stereocenters. The van der Waals surface area contributed by atoms with E-state index < -0.39 is 0 Å². The van der Waals surface area contributed by atoms with Crippen LogP contribution in [-0.4, -0.2) is 16.3 Å². The molecule has 2 heterocycles. The first kappa shape index (κ1) is 14.0. The van der Waals surface area contributed by atoms with Gasteiger partial charge >= 0.3 is 0 Å². The number of rotatable bonds is 3. The van der Waals surface area contributed by atoms with Gasteiger partial charge in [-0.1, -0.05) is 18.2 Å². The van der Waals surface area contributed by atoms with Gasteiger partial charge < -0.3 is 4.90 Å². The van der Waals surface area contributed by atoms with Gasteiger partial charge in [-0.2, -0.15) is 5.10 Å². The van der Waals surface area contributed by atoms with Crippen LogP contribution in [0.25, 0.3) is 5.69 Å². The molecule has 1 aliphatic rings. The van der Waals surface area contributed by atoms with Crippen LogP contribution in [0.4, 0.5) is 10.1 Å². The van der Waals surface area contributed by atoms with Gasteiger partial charge in [0.15, 0.2) is 0 Å². The average Bonchev–Trinajstić information content (AvgIpc) is 3.14. The highest BCUT2D eigenvalue weighted by atomic mass is 19.1. The Bertz CT molecular complexity index is 836. The number of hydrogen-bond acceptors (Lipinski definition) is 2. The van der Waals surface area contributed by atoms with Crippen molar-refractivity contribution in [1.29, 1.82) is 0 Å². The third kappa shape index (κ3) is 2.50. The molecule has 4 heteroatoms. The highest BCUT2D eigenvalue weighted by Gasteiger charge is 2.20. The van der Waals surface area contributed by atoms with E-state index in [1.165, 1.54) is 28.9 Å². The number of hydrogen-bond donors (Lipinski definition) is 0. The first-order valence-electron chi connectivity index (χ1n) is 7.84. The van der Waals surface area contributed by atoms with E-state index in [2.05, 4.69) is 41.2 Å². The van der Waals surface area contributed by atoms with Gasteiger partial charge in [0.05, 0.1) is 11.9 Å². The summed E-state index contributed by atoms with van der Waals surface area (Å²) in [6.07, 6.45) is 3.01. The topological polar surface area (TPSA) is 21.1 Å². The third-order valence-electron chi connectivity index (χ3n) is 4.53. The fourth-order valence-corrected chi connectivity index (χ4v) is 3.22. The lowest BCUT2D eigenvalue weighted by molar-refractivity contribution is 0.627. The second-order valence-corrected chi connectivity index (χ2v) is 5.94. The molecule has 116 valence electrons. The van der Waals surface area contributed by atoms with Crippen LogP contribution < -0.4 is 4.90 Å². The monoisotopic (exact) mass is 307 g/mol. The van der Waals surface area contributed by atoms with Gasteiger partial charge in [-0.25, -0.2) is 9.07 Å². The van der Waals surface area contributed by atoms with Crippen molar-refractivity contribution in [3.05, 3.63) is 77.4 Å². The second kappa shape index (κ2) is 5.54. The highest BCUT2D eigenvalue weighted by molar-refractivity contribution is 5.58. The Kier molecular flexibility index (Phi) is 3.37. The van der Waals surface area contributed by atoms with Crippen molar-refractivity contribution in [2.45, 2.75) is 19.9 Å². The molecule has 0 N–H and O–H groups in total. The zero-order valence-electron chi connectivity index (χ0n) is 13.0. The number of benzene rings is 2. The van der Waals surface area contributed by atoms with Gasteiger partial charge in [0.2, 0.25) is 0 Å². The summed E-state index contributed by atoms with van der Waals surface area (Å²) in [4.78, 5) is 2.40. The number of fused-ring (bicyclic) bond motifs is 1. The largest absolute Gasteiger partial charge is 0.367 e. The van der Waals surface area contributed by atoms with Crippen molar-refractivity contribution in [2.75, 3.05) is 11.4 Å². The molecule has 0 saturated heterocycles. The average molecular weight is 307 g/mol. The Morgan fingerprint density at radius 3 is 2.70 bits per heavy atom. The molecular formula is C19H18FN3. The van der Waals surface area contributed by atoms with E-state index in [1.54, 1.807) is 12.1 Å². The van der Waals surface area contributed by atoms with Gasteiger partial charge in [-0.3, -0.25) is 0 Å². The molecule has 3 aromatic rings. The van der Waals surface area contributed by atoms with Crippen LogP contribution in [0.15, 0.2) is 54.7 Å². The maximum atomic E-state index is 13.1. The van der Waals surface area contributed by atoms with E-state index >= 15 is 0 Å². The second-order valence-electron chi connectivity index (χ2n) is 5.94. The summed E-state index contributed by atoms with van der Waals surface area (Å²) in [6, 6.07) is 15.0. The van der Waals surface area contributed by atoms with Gasteiger partial charge in [-0.05, 0) is 49.2 Å². The molecule has 0 fully saturated rings. The predicted octanol–water partition coefficient (Wildman–Crippen LogP) is 3.88. The van der Waals surface area contributed by atoms with Crippen LogP contribution >= 0.6 is 0 Å². The lowest BCUT2D eigenvalue weighted by atomic mass is 10.2. The third-order valence-corrected chi connectivity index (χ3v) is 4.53. The van der Waals surface area contributed by atoms with E-state index in [0.717, 1.165) is 30.9 Å².